The molecule has 0 saturated carbocycles. The van der Waals surface area contributed by atoms with E-state index in [1.807, 2.05) is 14.0 Å². The molecule has 1 aromatic rings. The van der Waals surface area contributed by atoms with E-state index in [0.29, 0.717) is 6.54 Å². The molecule has 0 spiro atoms. The first-order chi connectivity index (χ1) is 7.97. The normalized spacial score (nSPS) is 11.1. The van der Waals surface area contributed by atoms with Crippen molar-refractivity contribution >= 4 is 34.0 Å². The summed E-state index contributed by atoms with van der Waals surface area (Å²) in [5, 5.41) is 3.21. The number of hydrogen-bond donors (Lipinski definition) is 2. The van der Waals surface area contributed by atoms with E-state index < -0.39 is 10.0 Å². The van der Waals surface area contributed by atoms with Crippen molar-refractivity contribution in [1.82, 2.24) is 10.0 Å². The maximum Gasteiger partial charge on any atom is 0.242 e. The average Bonchev–Trinajstić information content (AvgIpc) is 2.24. The van der Waals surface area contributed by atoms with Crippen LogP contribution in [-0.4, -0.2) is 28.6 Å². The second-order valence-corrected chi connectivity index (χ2v) is 5.93. The fraction of sp³-hybridized carbons (Fsp3) is 0.455. The van der Waals surface area contributed by atoms with Crippen LogP contribution in [0.3, 0.4) is 0 Å². The third-order valence-corrected chi connectivity index (χ3v) is 4.22. The maximum atomic E-state index is 11.9. The summed E-state index contributed by atoms with van der Waals surface area (Å²) in [6.45, 7) is 3.03. The van der Waals surface area contributed by atoms with Gasteiger partial charge in [-0.05, 0) is 44.6 Å². The molecule has 0 unspecified atom stereocenters. The van der Waals surface area contributed by atoms with E-state index >= 15 is 0 Å². The van der Waals surface area contributed by atoms with Crippen LogP contribution in [0.1, 0.15) is 12.0 Å². The Morgan fingerprint density at radius 2 is 1.94 bits per heavy atom. The van der Waals surface area contributed by atoms with Gasteiger partial charge in [0.2, 0.25) is 10.0 Å². The second kappa shape index (κ2) is 7.96. The van der Waals surface area contributed by atoms with Crippen LogP contribution in [0.5, 0.6) is 0 Å². The van der Waals surface area contributed by atoms with Gasteiger partial charge in [0, 0.05) is 6.54 Å². The molecule has 0 amide bonds. The molecule has 0 aliphatic heterocycles. The van der Waals surface area contributed by atoms with Gasteiger partial charge in [-0.1, -0.05) is 17.7 Å². The summed E-state index contributed by atoms with van der Waals surface area (Å²) in [6, 6.07) is 4.90. The molecule has 2 N–H and O–H groups in total. The van der Waals surface area contributed by atoms with Crippen molar-refractivity contribution in [3.63, 3.8) is 0 Å². The molecule has 0 bridgehead atoms. The van der Waals surface area contributed by atoms with Gasteiger partial charge in [-0.2, -0.15) is 0 Å². The zero-order chi connectivity index (χ0) is 12.9. The molecule has 104 valence electrons. The third kappa shape index (κ3) is 5.12. The third-order valence-electron chi connectivity index (χ3n) is 2.27. The highest BCUT2D eigenvalue weighted by Crippen LogP contribution is 2.22. The molecule has 7 heteroatoms. The minimum atomic E-state index is -3.50. The van der Waals surface area contributed by atoms with Crippen LogP contribution in [-0.2, 0) is 10.0 Å². The van der Waals surface area contributed by atoms with E-state index in [4.69, 9.17) is 11.6 Å². The van der Waals surface area contributed by atoms with Crippen LogP contribution in [0.15, 0.2) is 23.1 Å². The first-order valence-corrected chi connectivity index (χ1v) is 7.24. The van der Waals surface area contributed by atoms with Crippen LogP contribution >= 0.6 is 24.0 Å². The molecule has 0 saturated heterocycles. The van der Waals surface area contributed by atoms with Crippen LogP contribution in [0, 0.1) is 6.92 Å². The topological polar surface area (TPSA) is 58.2 Å². The zero-order valence-electron chi connectivity index (χ0n) is 10.4. The van der Waals surface area contributed by atoms with Crippen molar-refractivity contribution in [2.24, 2.45) is 0 Å². The Balaban J connectivity index is 0.00000289. The molecule has 0 heterocycles. The number of benzene rings is 1. The molecular weight excluding hydrogens is 295 g/mol. The van der Waals surface area contributed by atoms with Gasteiger partial charge < -0.3 is 5.32 Å². The molecule has 1 aromatic carbocycles. The summed E-state index contributed by atoms with van der Waals surface area (Å²) in [7, 11) is -1.67. The number of aryl methyl sites for hydroxylation is 1. The summed E-state index contributed by atoms with van der Waals surface area (Å²) in [5.74, 6) is 0. The summed E-state index contributed by atoms with van der Waals surface area (Å²) in [4.78, 5) is 0.134. The fourth-order valence-electron chi connectivity index (χ4n) is 1.37. The van der Waals surface area contributed by atoms with Gasteiger partial charge in [-0.15, -0.1) is 12.4 Å². The number of sulfonamides is 1. The largest absolute Gasteiger partial charge is 0.320 e. The van der Waals surface area contributed by atoms with Gasteiger partial charge in [0.25, 0.3) is 0 Å². The molecular formula is C11H18Cl2N2O2S. The highest BCUT2D eigenvalue weighted by atomic mass is 35.5. The average molecular weight is 313 g/mol. The van der Waals surface area contributed by atoms with Crippen LogP contribution < -0.4 is 10.0 Å². The molecule has 0 aromatic heterocycles. The van der Waals surface area contributed by atoms with E-state index in [9.17, 15) is 8.42 Å². The van der Waals surface area contributed by atoms with Crippen LogP contribution in [0.25, 0.3) is 0 Å². The van der Waals surface area contributed by atoms with Gasteiger partial charge in [0.05, 0.1) is 5.02 Å². The lowest BCUT2D eigenvalue weighted by molar-refractivity contribution is 0.577. The molecule has 1 rings (SSSR count). The van der Waals surface area contributed by atoms with Gasteiger partial charge in [0.15, 0.2) is 0 Å². The highest BCUT2D eigenvalue weighted by molar-refractivity contribution is 7.89. The number of rotatable bonds is 6. The Bertz CT molecular complexity index is 478. The number of halogens is 2. The Hall–Kier alpha value is -0.330. The monoisotopic (exact) mass is 312 g/mol. The lowest BCUT2D eigenvalue weighted by Gasteiger charge is -2.08. The predicted molar refractivity (Wildman–Crippen MR) is 77.2 cm³/mol. The van der Waals surface area contributed by atoms with Gasteiger partial charge >= 0.3 is 0 Å². The summed E-state index contributed by atoms with van der Waals surface area (Å²) in [5.41, 5.74) is 0.934. The van der Waals surface area contributed by atoms with Crippen LogP contribution in [0.4, 0.5) is 0 Å². The quantitative estimate of drug-likeness (QED) is 0.789. The van der Waals surface area contributed by atoms with Crippen molar-refractivity contribution in [2.75, 3.05) is 20.1 Å². The number of nitrogens with one attached hydrogen (secondary N) is 2. The molecule has 0 aliphatic carbocycles. The zero-order valence-corrected chi connectivity index (χ0v) is 12.8. The Morgan fingerprint density at radius 3 is 2.50 bits per heavy atom. The minimum absolute atomic E-state index is 0. The molecule has 0 radical (unpaired) electrons. The molecule has 0 aliphatic rings. The van der Waals surface area contributed by atoms with Crippen molar-refractivity contribution in [2.45, 2.75) is 18.2 Å². The van der Waals surface area contributed by atoms with Gasteiger partial charge in [-0.3, -0.25) is 0 Å². The standard InChI is InChI=1S/C11H17ClN2O2S.ClH/c1-9-4-5-11(10(12)8-9)17(15,16)14-7-3-6-13-2;/h4-5,8,13-14H,3,6-7H2,1-2H3;1H. The minimum Gasteiger partial charge on any atom is -0.320 e. The Kier molecular flexibility index (Phi) is 7.82. The Labute approximate surface area is 120 Å². The molecule has 0 atom stereocenters. The highest BCUT2D eigenvalue weighted by Gasteiger charge is 2.16. The van der Waals surface area contributed by atoms with Crippen LogP contribution in [0.2, 0.25) is 5.02 Å². The lowest BCUT2D eigenvalue weighted by atomic mass is 10.2. The van der Waals surface area contributed by atoms with E-state index in [1.165, 1.54) is 6.07 Å². The first kappa shape index (κ1) is 17.7. The molecule has 0 fully saturated rings. The van der Waals surface area contributed by atoms with Crippen molar-refractivity contribution in [1.29, 1.82) is 0 Å². The van der Waals surface area contributed by atoms with Crippen molar-refractivity contribution < 1.29 is 8.42 Å². The molecule has 4 nitrogen and oxygen atoms in total. The van der Waals surface area contributed by atoms with E-state index in [-0.39, 0.29) is 22.3 Å². The molecule has 18 heavy (non-hydrogen) atoms. The first-order valence-electron chi connectivity index (χ1n) is 5.38. The van der Waals surface area contributed by atoms with Crippen molar-refractivity contribution in [3.8, 4) is 0 Å². The van der Waals surface area contributed by atoms with Gasteiger partial charge in [0.1, 0.15) is 4.90 Å². The number of hydrogen-bond acceptors (Lipinski definition) is 3. The maximum absolute atomic E-state index is 11.9. The summed E-state index contributed by atoms with van der Waals surface area (Å²) in [6.07, 6.45) is 0.735. The summed E-state index contributed by atoms with van der Waals surface area (Å²) >= 11 is 5.92. The smallest absolute Gasteiger partial charge is 0.242 e. The van der Waals surface area contributed by atoms with E-state index in [0.717, 1.165) is 18.5 Å². The second-order valence-electron chi connectivity index (χ2n) is 3.79. The lowest BCUT2D eigenvalue weighted by Crippen LogP contribution is -2.27. The Morgan fingerprint density at radius 1 is 1.28 bits per heavy atom. The summed E-state index contributed by atoms with van der Waals surface area (Å²) < 4.78 is 26.3. The van der Waals surface area contributed by atoms with E-state index in [1.54, 1.807) is 12.1 Å². The SMILES string of the molecule is CNCCCNS(=O)(=O)c1ccc(C)cc1Cl.Cl. The predicted octanol–water partition coefficient (Wildman–Crippen LogP) is 1.96. The van der Waals surface area contributed by atoms with E-state index in [2.05, 4.69) is 10.0 Å². The van der Waals surface area contributed by atoms with Crippen molar-refractivity contribution in [3.05, 3.63) is 28.8 Å². The van der Waals surface area contributed by atoms with Gasteiger partial charge in [-0.25, -0.2) is 13.1 Å². The fourth-order valence-corrected chi connectivity index (χ4v) is 3.04.